The van der Waals surface area contributed by atoms with Gasteiger partial charge in [-0.2, -0.15) is 0 Å². The molecule has 120 valence electrons. The van der Waals surface area contributed by atoms with Crippen molar-refractivity contribution in [3.63, 3.8) is 0 Å². The molecule has 2 N–H and O–H groups in total. The number of phosphoric acid groups is 1. The number of anilines is 1. The summed E-state index contributed by atoms with van der Waals surface area (Å²) in [6.45, 7) is 5.24. The van der Waals surface area contributed by atoms with Crippen LogP contribution in [0.1, 0.15) is 19.4 Å². The van der Waals surface area contributed by atoms with Gasteiger partial charge in [0.05, 0.1) is 12.2 Å². The molecule has 7 nitrogen and oxygen atoms in total. The van der Waals surface area contributed by atoms with E-state index in [0.29, 0.717) is 11.0 Å². The van der Waals surface area contributed by atoms with E-state index in [0.717, 1.165) is 18.8 Å². The van der Waals surface area contributed by atoms with Gasteiger partial charge in [-0.3, -0.25) is 4.52 Å². The predicted octanol–water partition coefficient (Wildman–Crippen LogP) is 2.25. The number of nitrogens with zero attached hydrogens (tertiary/aromatic N) is 1. The van der Waals surface area contributed by atoms with Gasteiger partial charge in [0.25, 0.3) is 0 Å². The molecule has 0 radical (unpaired) electrons. The van der Waals surface area contributed by atoms with E-state index in [1.165, 1.54) is 6.07 Å². The van der Waals surface area contributed by atoms with Gasteiger partial charge in [0, 0.05) is 30.2 Å². The number of fused-ring (bicyclic) bond motifs is 1. The first-order chi connectivity index (χ1) is 10.3. The molecule has 0 saturated carbocycles. The third-order valence-electron chi connectivity index (χ3n) is 3.31. The molecule has 22 heavy (non-hydrogen) atoms. The number of hydrogen-bond acceptors (Lipinski definition) is 5. The van der Waals surface area contributed by atoms with Gasteiger partial charge < -0.3 is 19.1 Å². The average Bonchev–Trinajstić information content (AvgIpc) is 2.45. The summed E-state index contributed by atoms with van der Waals surface area (Å²) in [5.41, 5.74) is 0.762. The minimum absolute atomic E-state index is 0.0615. The van der Waals surface area contributed by atoms with Crippen molar-refractivity contribution in [1.82, 2.24) is 0 Å². The Balaban J connectivity index is 2.38. The highest BCUT2D eigenvalue weighted by Crippen LogP contribution is 2.36. The summed E-state index contributed by atoms with van der Waals surface area (Å²) in [5.74, 6) is 0. The Labute approximate surface area is 127 Å². The molecule has 0 aliphatic rings. The molecule has 0 spiro atoms. The zero-order valence-electron chi connectivity index (χ0n) is 12.4. The summed E-state index contributed by atoms with van der Waals surface area (Å²) < 4.78 is 20.3. The van der Waals surface area contributed by atoms with Crippen molar-refractivity contribution in [2.75, 3.05) is 18.0 Å². The Morgan fingerprint density at radius 3 is 2.50 bits per heavy atom. The van der Waals surface area contributed by atoms with Crippen LogP contribution in [0.5, 0.6) is 0 Å². The molecular formula is C14H18NO6P. The number of benzene rings is 1. The van der Waals surface area contributed by atoms with Crippen molar-refractivity contribution in [1.29, 1.82) is 0 Å². The maximum Gasteiger partial charge on any atom is 0.469 e. The first kappa shape index (κ1) is 16.7. The Morgan fingerprint density at radius 1 is 1.23 bits per heavy atom. The van der Waals surface area contributed by atoms with Gasteiger partial charge in [-0.15, -0.1) is 0 Å². The molecule has 0 aliphatic carbocycles. The van der Waals surface area contributed by atoms with Gasteiger partial charge in [-0.1, -0.05) is 0 Å². The number of hydrogen-bond donors (Lipinski definition) is 2. The van der Waals surface area contributed by atoms with Crippen molar-refractivity contribution in [3.05, 3.63) is 40.2 Å². The molecular weight excluding hydrogens is 309 g/mol. The van der Waals surface area contributed by atoms with Crippen molar-refractivity contribution in [2.45, 2.75) is 20.5 Å². The fraction of sp³-hybridized carbons (Fsp3) is 0.357. The number of rotatable bonds is 6. The van der Waals surface area contributed by atoms with Crippen LogP contribution in [-0.4, -0.2) is 22.9 Å². The molecule has 0 amide bonds. The van der Waals surface area contributed by atoms with Gasteiger partial charge >= 0.3 is 13.4 Å². The summed E-state index contributed by atoms with van der Waals surface area (Å²) in [6, 6.07) is 7.00. The van der Waals surface area contributed by atoms with Gasteiger partial charge in [0.1, 0.15) is 5.58 Å². The highest BCUT2D eigenvalue weighted by Gasteiger charge is 2.16. The third-order valence-corrected chi connectivity index (χ3v) is 3.77. The zero-order chi connectivity index (χ0) is 16.3. The molecule has 1 heterocycles. The van der Waals surface area contributed by atoms with Crippen molar-refractivity contribution in [3.8, 4) is 0 Å². The quantitative estimate of drug-likeness (QED) is 0.620. The maximum absolute atomic E-state index is 11.9. The topological polar surface area (TPSA) is 100 Å². The molecule has 0 unspecified atom stereocenters. The van der Waals surface area contributed by atoms with Crippen LogP contribution in [0, 0.1) is 0 Å². The maximum atomic E-state index is 11.9. The lowest BCUT2D eigenvalue weighted by atomic mass is 10.1. The van der Waals surface area contributed by atoms with Crippen molar-refractivity contribution < 1.29 is 23.3 Å². The normalized spacial score (nSPS) is 11.8. The fourth-order valence-corrected chi connectivity index (χ4v) is 2.49. The Bertz CT molecular complexity index is 762. The Hall–Kier alpha value is -1.66. The van der Waals surface area contributed by atoms with Crippen LogP contribution in [0.3, 0.4) is 0 Å². The van der Waals surface area contributed by atoms with Crippen molar-refractivity contribution >= 4 is 24.5 Å². The molecule has 0 atom stereocenters. The lowest BCUT2D eigenvalue weighted by molar-refractivity contribution is 0.187. The second kappa shape index (κ2) is 6.62. The molecule has 2 aromatic rings. The molecule has 0 aliphatic heterocycles. The average molecular weight is 327 g/mol. The van der Waals surface area contributed by atoms with Crippen LogP contribution in [0.4, 0.5) is 5.69 Å². The summed E-state index contributed by atoms with van der Waals surface area (Å²) in [6.07, 6.45) is 0. The molecule has 1 aromatic carbocycles. The van der Waals surface area contributed by atoms with Crippen LogP contribution < -0.4 is 10.5 Å². The first-order valence-electron chi connectivity index (χ1n) is 6.86. The summed E-state index contributed by atoms with van der Waals surface area (Å²) >= 11 is 0. The van der Waals surface area contributed by atoms with E-state index >= 15 is 0 Å². The summed E-state index contributed by atoms with van der Waals surface area (Å²) in [7, 11) is -4.63. The summed E-state index contributed by atoms with van der Waals surface area (Å²) in [5, 5.41) is 0.666. The van der Waals surface area contributed by atoms with Crippen LogP contribution in [0.15, 0.2) is 33.5 Å². The third kappa shape index (κ3) is 3.96. The minimum atomic E-state index is -4.63. The molecule has 1 aromatic heterocycles. The van der Waals surface area contributed by atoms with Crippen LogP contribution in [0.2, 0.25) is 0 Å². The van der Waals surface area contributed by atoms with E-state index in [-0.39, 0.29) is 5.56 Å². The van der Waals surface area contributed by atoms with Gasteiger partial charge in [0.15, 0.2) is 0 Å². The van der Waals surface area contributed by atoms with Gasteiger partial charge in [-0.05, 0) is 32.0 Å². The van der Waals surface area contributed by atoms with E-state index in [4.69, 9.17) is 14.2 Å². The monoisotopic (exact) mass is 327 g/mol. The molecule has 0 saturated heterocycles. The fourth-order valence-electron chi connectivity index (χ4n) is 2.18. The largest absolute Gasteiger partial charge is 0.469 e. The van der Waals surface area contributed by atoms with Crippen LogP contribution >= 0.6 is 7.82 Å². The smallest absolute Gasteiger partial charge is 0.422 e. The zero-order valence-corrected chi connectivity index (χ0v) is 13.2. The lowest BCUT2D eigenvalue weighted by Crippen LogP contribution is -2.21. The molecule has 0 bridgehead atoms. The summed E-state index contributed by atoms with van der Waals surface area (Å²) in [4.78, 5) is 31.3. The van der Waals surface area contributed by atoms with Crippen molar-refractivity contribution in [2.24, 2.45) is 0 Å². The van der Waals surface area contributed by atoms with E-state index < -0.39 is 20.1 Å². The minimum Gasteiger partial charge on any atom is -0.422 e. The lowest BCUT2D eigenvalue weighted by Gasteiger charge is -2.21. The van der Waals surface area contributed by atoms with E-state index in [1.807, 2.05) is 19.9 Å². The predicted molar refractivity (Wildman–Crippen MR) is 82.9 cm³/mol. The van der Waals surface area contributed by atoms with E-state index in [1.54, 1.807) is 12.1 Å². The highest BCUT2D eigenvalue weighted by molar-refractivity contribution is 7.46. The second-order valence-corrected chi connectivity index (χ2v) is 5.96. The standard InChI is InChI=1S/C14H18NO6P/c1-3-15(4-2)12-6-5-10-7-11(9-20-22(17,18)19)14(16)21-13(10)8-12/h5-8H,3-4,9H2,1-2H3,(H2,17,18,19). The molecule has 2 rings (SSSR count). The van der Waals surface area contributed by atoms with E-state index in [9.17, 15) is 9.36 Å². The number of phosphoric ester groups is 1. The van der Waals surface area contributed by atoms with Gasteiger partial charge in [0.2, 0.25) is 0 Å². The van der Waals surface area contributed by atoms with E-state index in [2.05, 4.69) is 9.42 Å². The highest BCUT2D eigenvalue weighted by atomic mass is 31.2. The molecule has 8 heteroatoms. The SMILES string of the molecule is CCN(CC)c1ccc2cc(COP(=O)(O)O)c(=O)oc2c1. The second-order valence-electron chi connectivity index (χ2n) is 4.72. The Kier molecular flexibility index (Phi) is 5.03. The van der Waals surface area contributed by atoms with Gasteiger partial charge in [-0.25, -0.2) is 9.36 Å². The van der Waals surface area contributed by atoms with Crippen LogP contribution in [-0.2, 0) is 15.7 Å². The first-order valence-corrected chi connectivity index (χ1v) is 8.39. The van der Waals surface area contributed by atoms with Crippen LogP contribution in [0.25, 0.3) is 11.0 Å². The molecule has 0 fully saturated rings. The Morgan fingerprint density at radius 2 is 1.91 bits per heavy atom.